The number of hydrogen-bond donors (Lipinski definition) is 0. The van der Waals surface area contributed by atoms with Gasteiger partial charge in [-0.3, -0.25) is 4.79 Å². The molecule has 5 heteroatoms. The predicted octanol–water partition coefficient (Wildman–Crippen LogP) is 2.85. The second kappa shape index (κ2) is 7.18. The summed E-state index contributed by atoms with van der Waals surface area (Å²) in [6, 6.07) is 3.55. The number of benzene rings is 1. The van der Waals surface area contributed by atoms with E-state index in [9.17, 15) is 4.79 Å². The van der Waals surface area contributed by atoms with Crippen molar-refractivity contribution in [2.24, 2.45) is 0 Å². The molecule has 0 bridgehead atoms. The average Bonchev–Trinajstić information content (AvgIpc) is 2.47. The molecule has 1 aromatic rings. The van der Waals surface area contributed by atoms with E-state index in [4.69, 9.17) is 21.1 Å². The molecule has 1 amide bonds. The third kappa shape index (κ3) is 3.79. The monoisotopic (exact) mass is 307 g/mol. The van der Waals surface area contributed by atoms with E-state index in [0.29, 0.717) is 42.8 Å². The number of hydrogen-bond acceptors (Lipinski definition) is 3. The second-order valence-electron chi connectivity index (χ2n) is 4.65. The topological polar surface area (TPSA) is 38.8 Å². The highest BCUT2D eigenvalue weighted by Gasteiger charge is 2.19. The van der Waals surface area contributed by atoms with Crippen LogP contribution in [0.15, 0.2) is 37.4 Å². The van der Waals surface area contributed by atoms with Crippen molar-refractivity contribution in [2.45, 2.75) is 6.42 Å². The van der Waals surface area contributed by atoms with Crippen molar-refractivity contribution in [1.29, 1.82) is 0 Å². The normalized spacial score (nSPS) is 12.6. The summed E-state index contributed by atoms with van der Waals surface area (Å²) in [7, 11) is 0. The Labute approximate surface area is 129 Å². The first-order valence-electron chi connectivity index (χ1n) is 6.73. The van der Waals surface area contributed by atoms with Gasteiger partial charge in [0, 0.05) is 13.1 Å². The van der Waals surface area contributed by atoms with Crippen molar-refractivity contribution in [3.05, 3.63) is 48.0 Å². The number of ether oxygens (including phenoxy) is 2. The molecule has 0 aromatic heterocycles. The molecular weight excluding hydrogens is 290 g/mol. The van der Waals surface area contributed by atoms with Crippen LogP contribution in [0.4, 0.5) is 0 Å². The summed E-state index contributed by atoms with van der Waals surface area (Å²) in [5.41, 5.74) is 0.798. The molecule has 1 aliphatic heterocycles. The highest BCUT2D eigenvalue weighted by molar-refractivity contribution is 6.32. The van der Waals surface area contributed by atoms with E-state index < -0.39 is 0 Å². The summed E-state index contributed by atoms with van der Waals surface area (Å²) in [4.78, 5) is 14.0. The Kier molecular flexibility index (Phi) is 5.28. The van der Waals surface area contributed by atoms with Gasteiger partial charge in [0.15, 0.2) is 11.5 Å². The van der Waals surface area contributed by atoms with Crippen LogP contribution in [-0.4, -0.2) is 37.1 Å². The fourth-order valence-corrected chi connectivity index (χ4v) is 2.43. The van der Waals surface area contributed by atoms with E-state index in [1.807, 2.05) is 0 Å². The highest BCUT2D eigenvalue weighted by atomic mass is 35.5. The van der Waals surface area contributed by atoms with Crippen molar-refractivity contribution < 1.29 is 14.3 Å². The van der Waals surface area contributed by atoms with Crippen LogP contribution in [0.1, 0.15) is 5.56 Å². The van der Waals surface area contributed by atoms with Crippen molar-refractivity contribution in [3.63, 3.8) is 0 Å². The molecule has 4 nitrogen and oxygen atoms in total. The van der Waals surface area contributed by atoms with Crippen molar-refractivity contribution >= 4 is 17.5 Å². The molecule has 0 fully saturated rings. The van der Waals surface area contributed by atoms with Gasteiger partial charge in [0.05, 0.1) is 11.4 Å². The van der Waals surface area contributed by atoms with Gasteiger partial charge in [-0.25, -0.2) is 0 Å². The van der Waals surface area contributed by atoms with Crippen molar-refractivity contribution in [3.8, 4) is 11.5 Å². The van der Waals surface area contributed by atoms with Crippen LogP contribution in [0, 0.1) is 0 Å². The van der Waals surface area contributed by atoms with Gasteiger partial charge in [-0.2, -0.15) is 0 Å². The minimum absolute atomic E-state index is 0.0115. The molecule has 0 atom stereocenters. The Balaban J connectivity index is 2.15. The molecule has 0 saturated heterocycles. The number of carbonyl (C=O) groups is 1. The molecular formula is C16H18ClNO3. The fourth-order valence-electron chi connectivity index (χ4n) is 2.14. The summed E-state index contributed by atoms with van der Waals surface area (Å²) in [6.45, 7) is 9.26. The van der Waals surface area contributed by atoms with Crippen LogP contribution in [0.25, 0.3) is 0 Å². The average molecular weight is 308 g/mol. The van der Waals surface area contributed by atoms with Gasteiger partial charge in [0.1, 0.15) is 13.2 Å². The fraction of sp³-hybridized carbons (Fsp3) is 0.312. The van der Waals surface area contributed by atoms with Gasteiger partial charge in [0.2, 0.25) is 5.91 Å². The quantitative estimate of drug-likeness (QED) is 0.759. The first-order valence-corrected chi connectivity index (χ1v) is 7.11. The molecule has 0 unspecified atom stereocenters. The summed E-state index contributed by atoms with van der Waals surface area (Å²) in [6.07, 6.45) is 3.63. The zero-order valence-corrected chi connectivity index (χ0v) is 12.6. The maximum Gasteiger partial charge on any atom is 0.227 e. The molecule has 0 N–H and O–H groups in total. The number of rotatable bonds is 6. The zero-order chi connectivity index (χ0) is 15.2. The molecule has 21 heavy (non-hydrogen) atoms. The Hall–Kier alpha value is -1.94. The summed E-state index contributed by atoms with van der Waals surface area (Å²) in [5.74, 6) is 1.13. The van der Waals surface area contributed by atoms with Gasteiger partial charge in [-0.05, 0) is 17.7 Å². The molecule has 0 spiro atoms. The van der Waals surface area contributed by atoms with E-state index in [1.54, 1.807) is 29.2 Å². The number of fused-ring (bicyclic) bond motifs is 1. The lowest BCUT2D eigenvalue weighted by molar-refractivity contribution is -0.129. The Bertz CT molecular complexity index is 547. The van der Waals surface area contributed by atoms with Gasteiger partial charge in [0.25, 0.3) is 0 Å². The van der Waals surface area contributed by atoms with Gasteiger partial charge < -0.3 is 14.4 Å². The summed E-state index contributed by atoms with van der Waals surface area (Å²) >= 11 is 6.17. The third-order valence-corrected chi connectivity index (χ3v) is 3.34. The number of halogens is 1. The first kappa shape index (κ1) is 15.4. The van der Waals surface area contributed by atoms with Crippen molar-refractivity contribution in [1.82, 2.24) is 4.90 Å². The maximum absolute atomic E-state index is 12.3. The molecule has 0 aliphatic carbocycles. The van der Waals surface area contributed by atoms with E-state index in [-0.39, 0.29) is 12.3 Å². The highest BCUT2D eigenvalue weighted by Crippen LogP contribution is 2.38. The molecule has 1 heterocycles. The van der Waals surface area contributed by atoms with Gasteiger partial charge in [-0.15, -0.1) is 13.2 Å². The second-order valence-corrected chi connectivity index (χ2v) is 5.06. The first-order chi connectivity index (χ1) is 10.2. The molecule has 1 aromatic carbocycles. The molecule has 0 radical (unpaired) electrons. The number of amides is 1. The van der Waals surface area contributed by atoms with Crippen LogP contribution < -0.4 is 9.47 Å². The van der Waals surface area contributed by atoms with E-state index in [0.717, 1.165) is 5.56 Å². The van der Waals surface area contributed by atoms with Crippen LogP contribution in [-0.2, 0) is 11.2 Å². The van der Waals surface area contributed by atoms with Crippen LogP contribution in [0.3, 0.4) is 0 Å². The number of nitrogens with zero attached hydrogens (tertiary/aromatic N) is 1. The largest absolute Gasteiger partial charge is 0.486 e. The lowest BCUT2D eigenvalue weighted by Gasteiger charge is -2.22. The van der Waals surface area contributed by atoms with E-state index >= 15 is 0 Å². The van der Waals surface area contributed by atoms with Gasteiger partial charge in [-0.1, -0.05) is 23.8 Å². The minimum atomic E-state index is -0.0115. The molecule has 0 saturated carbocycles. The van der Waals surface area contributed by atoms with Crippen LogP contribution in [0.5, 0.6) is 11.5 Å². The Morgan fingerprint density at radius 3 is 2.57 bits per heavy atom. The van der Waals surface area contributed by atoms with E-state index in [2.05, 4.69) is 13.2 Å². The molecule has 1 aliphatic rings. The van der Waals surface area contributed by atoms with Gasteiger partial charge >= 0.3 is 0 Å². The minimum Gasteiger partial charge on any atom is -0.486 e. The standard InChI is InChI=1S/C16H18ClNO3/c1-3-5-18(6-4-2)15(19)11-12-9-13(17)16-14(10-12)20-7-8-21-16/h3-4,9-10H,1-2,5-8,11H2. The maximum atomic E-state index is 12.3. The lowest BCUT2D eigenvalue weighted by Crippen LogP contribution is -2.32. The summed E-state index contributed by atoms with van der Waals surface area (Å²) < 4.78 is 11.0. The zero-order valence-electron chi connectivity index (χ0n) is 11.8. The van der Waals surface area contributed by atoms with Crippen molar-refractivity contribution in [2.75, 3.05) is 26.3 Å². The summed E-state index contributed by atoms with van der Waals surface area (Å²) in [5, 5.41) is 0.467. The smallest absolute Gasteiger partial charge is 0.227 e. The molecule has 2 rings (SSSR count). The third-order valence-electron chi connectivity index (χ3n) is 3.06. The lowest BCUT2D eigenvalue weighted by atomic mass is 10.1. The van der Waals surface area contributed by atoms with E-state index in [1.165, 1.54) is 0 Å². The van der Waals surface area contributed by atoms with Crippen LogP contribution >= 0.6 is 11.6 Å². The Morgan fingerprint density at radius 2 is 1.90 bits per heavy atom. The SMILES string of the molecule is C=CCN(CC=C)C(=O)Cc1cc(Cl)c2c(c1)OCCO2. The number of carbonyl (C=O) groups excluding carboxylic acids is 1. The molecule has 112 valence electrons. The predicted molar refractivity (Wildman–Crippen MR) is 83.1 cm³/mol. The van der Waals surface area contributed by atoms with Crippen LogP contribution in [0.2, 0.25) is 5.02 Å². The Morgan fingerprint density at radius 1 is 1.24 bits per heavy atom.